The Balaban J connectivity index is 1.55. The van der Waals surface area contributed by atoms with Gasteiger partial charge in [-0.05, 0) is 31.9 Å². The molecule has 0 amide bonds. The molecule has 5 nitrogen and oxygen atoms in total. The SMILES string of the molecule is C[C@]1(COc2ccccc2)C[C@@H]2CN(CC(=O)O)CC[C@@H]2O1. The molecule has 0 spiro atoms. The third kappa shape index (κ3) is 3.59. The fourth-order valence-electron chi connectivity index (χ4n) is 3.59. The molecule has 2 saturated heterocycles. The molecule has 22 heavy (non-hydrogen) atoms. The average Bonchev–Trinajstić information content (AvgIpc) is 2.82. The number of hydrogen-bond donors (Lipinski definition) is 1. The van der Waals surface area contributed by atoms with E-state index >= 15 is 0 Å². The maximum Gasteiger partial charge on any atom is 0.317 e. The summed E-state index contributed by atoms with van der Waals surface area (Å²) in [7, 11) is 0. The molecule has 0 bridgehead atoms. The number of ether oxygens (including phenoxy) is 2. The van der Waals surface area contributed by atoms with Gasteiger partial charge >= 0.3 is 5.97 Å². The van der Waals surface area contributed by atoms with Crippen LogP contribution in [0.15, 0.2) is 30.3 Å². The molecule has 0 aliphatic carbocycles. The van der Waals surface area contributed by atoms with E-state index in [2.05, 4.69) is 6.92 Å². The van der Waals surface area contributed by atoms with Crippen LogP contribution in [0.25, 0.3) is 0 Å². The van der Waals surface area contributed by atoms with Crippen LogP contribution in [-0.2, 0) is 9.53 Å². The molecule has 120 valence electrons. The standard InChI is InChI=1S/C17H23NO4/c1-17(12-21-14-5-3-2-4-6-14)9-13-10-18(11-16(19)20)8-7-15(13)22-17/h2-6,13,15H,7-12H2,1H3,(H,19,20)/t13-,15+,17-/m1/s1. The summed E-state index contributed by atoms with van der Waals surface area (Å²) < 4.78 is 12.1. The van der Waals surface area contributed by atoms with Crippen molar-refractivity contribution in [3.05, 3.63) is 30.3 Å². The topological polar surface area (TPSA) is 59.0 Å². The van der Waals surface area contributed by atoms with Crippen molar-refractivity contribution in [1.29, 1.82) is 0 Å². The number of fused-ring (bicyclic) bond motifs is 1. The van der Waals surface area contributed by atoms with E-state index in [4.69, 9.17) is 14.6 Å². The number of carbonyl (C=O) groups is 1. The molecule has 2 fully saturated rings. The van der Waals surface area contributed by atoms with Crippen LogP contribution in [0.2, 0.25) is 0 Å². The minimum Gasteiger partial charge on any atom is -0.491 e. The van der Waals surface area contributed by atoms with Crippen molar-refractivity contribution in [2.75, 3.05) is 26.2 Å². The van der Waals surface area contributed by atoms with Crippen molar-refractivity contribution in [3.63, 3.8) is 0 Å². The highest BCUT2D eigenvalue weighted by Crippen LogP contribution is 2.39. The Morgan fingerprint density at radius 1 is 1.45 bits per heavy atom. The maximum absolute atomic E-state index is 10.9. The Labute approximate surface area is 130 Å². The van der Waals surface area contributed by atoms with Gasteiger partial charge in [0, 0.05) is 19.0 Å². The van der Waals surface area contributed by atoms with Gasteiger partial charge in [0.05, 0.1) is 12.6 Å². The molecular weight excluding hydrogens is 282 g/mol. The minimum absolute atomic E-state index is 0.125. The summed E-state index contributed by atoms with van der Waals surface area (Å²) in [6.07, 6.45) is 2.05. The molecule has 2 aliphatic heterocycles. The molecule has 3 atom stereocenters. The minimum atomic E-state index is -0.757. The van der Waals surface area contributed by atoms with Crippen LogP contribution >= 0.6 is 0 Å². The highest BCUT2D eigenvalue weighted by molar-refractivity contribution is 5.69. The highest BCUT2D eigenvalue weighted by Gasteiger charge is 2.46. The van der Waals surface area contributed by atoms with Gasteiger partial charge in [0.2, 0.25) is 0 Å². The van der Waals surface area contributed by atoms with Crippen LogP contribution in [0.3, 0.4) is 0 Å². The third-order valence-electron chi connectivity index (χ3n) is 4.52. The zero-order valence-corrected chi connectivity index (χ0v) is 12.9. The van der Waals surface area contributed by atoms with Gasteiger partial charge in [-0.25, -0.2) is 0 Å². The van der Waals surface area contributed by atoms with Crippen LogP contribution in [0.5, 0.6) is 5.75 Å². The third-order valence-corrected chi connectivity index (χ3v) is 4.52. The maximum atomic E-state index is 10.9. The van der Waals surface area contributed by atoms with Gasteiger partial charge in [-0.2, -0.15) is 0 Å². The first-order valence-corrected chi connectivity index (χ1v) is 7.84. The van der Waals surface area contributed by atoms with Gasteiger partial charge in [-0.15, -0.1) is 0 Å². The van der Waals surface area contributed by atoms with Crippen molar-refractivity contribution in [2.24, 2.45) is 5.92 Å². The molecule has 1 aromatic rings. The molecule has 1 N–H and O–H groups in total. The fraction of sp³-hybridized carbons (Fsp3) is 0.588. The Morgan fingerprint density at radius 2 is 2.23 bits per heavy atom. The quantitative estimate of drug-likeness (QED) is 0.902. The largest absolute Gasteiger partial charge is 0.491 e. The second-order valence-corrected chi connectivity index (χ2v) is 6.59. The first kappa shape index (κ1) is 15.3. The van der Waals surface area contributed by atoms with Crippen molar-refractivity contribution in [3.8, 4) is 5.75 Å². The Hall–Kier alpha value is -1.59. The molecule has 2 aliphatic rings. The van der Waals surface area contributed by atoms with Crippen molar-refractivity contribution in [2.45, 2.75) is 31.5 Å². The lowest BCUT2D eigenvalue weighted by Gasteiger charge is -2.32. The number of carboxylic acid groups (broad SMARTS) is 1. The van der Waals surface area contributed by atoms with Crippen LogP contribution in [0.1, 0.15) is 19.8 Å². The van der Waals surface area contributed by atoms with E-state index in [1.807, 2.05) is 35.2 Å². The molecule has 0 aromatic heterocycles. The van der Waals surface area contributed by atoms with Gasteiger partial charge in [-0.3, -0.25) is 9.69 Å². The van der Waals surface area contributed by atoms with Crippen LogP contribution < -0.4 is 4.74 Å². The van der Waals surface area contributed by atoms with Crippen LogP contribution in [0.4, 0.5) is 0 Å². The monoisotopic (exact) mass is 305 g/mol. The summed E-state index contributed by atoms with van der Waals surface area (Å²) in [5.41, 5.74) is -0.287. The second kappa shape index (κ2) is 6.26. The molecule has 0 radical (unpaired) electrons. The predicted octanol–water partition coefficient (Wildman–Crippen LogP) is 2.02. The van der Waals surface area contributed by atoms with Crippen molar-refractivity contribution >= 4 is 5.97 Å². The number of nitrogens with zero attached hydrogens (tertiary/aromatic N) is 1. The zero-order chi connectivity index (χ0) is 15.6. The van der Waals surface area contributed by atoms with Gasteiger partial charge < -0.3 is 14.6 Å². The first-order valence-electron chi connectivity index (χ1n) is 7.84. The summed E-state index contributed by atoms with van der Waals surface area (Å²) in [6, 6.07) is 9.76. The number of carboxylic acids is 1. The van der Waals surface area contributed by atoms with E-state index in [1.54, 1.807) is 0 Å². The Morgan fingerprint density at radius 3 is 2.95 bits per heavy atom. The molecule has 0 unspecified atom stereocenters. The van der Waals surface area contributed by atoms with Crippen molar-refractivity contribution < 1.29 is 19.4 Å². The smallest absolute Gasteiger partial charge is 0.317 e. The lowest BCUT2D eigenvalue weighted by atomic mass is 9.89. The van der Waals surface area contributed by atoms with E-state index in [1.165, 1.54) is 0 Å². The fourth-order valence-corrected chi connectivity index (χ4v) is 3.59. The number of para-hydroxylation sites is 1. The normalized spacial score (nSPS) is 31.7. The average molecular weight is 305 g/mol. The number of likely N-dealkylation sites (tertiary alicyclic amines) is 1. The van der Waals surface area contributed by atoms with Crippen LogP contribution in [0, 0.1) is 5.92 Å². The second-order valence-electron chi connectivity index (χ2n) is 6.59. The first-order chi connectivity index (χ1) is 10.5. The van der Waals surface area contributed by atoms with Crippen LogP contribution in [-0.4, -0.2) is 53.9 Å². The summed E-state index contributed by atoms with van der Waals surface area (Å²) in [4.78, 5) is 12.9. The van der Waals surface area contributed by atoms with Gasteiger partial charge in [0.25, 0.3) is 0 Å². The summed E-state index contributed by atoms with van der Waals surface area (Å²) in [5, 5.41) is 8.93. The van der Waals surface area contributed by atoms with E-state index in [0.29, 0.717) is 12.5 Å². The van der Waals surface area contributed by atoms with E-state index in [-0.39, 0.29) is 18.2 Å². The molecule has 1 aromatic carbocycles. The highest BCUT2D eigenvalue weighted by atomic mass is 16.6. The Kier molecular flexibility index (Phi) is 4.36. The molecule has 0 saturated carbocycles. The predicted molar refractivity (Wildman–Crippen MR) is 82.0 cm³/mol. The Bertz CT molecular complexity index is 521. The van der Waals surface area contributed by atoms with Gasteiger partial charge in [0.15, 0.2) is 0 Å². The van der Waals surface area contributed by atoms with E-state index < -0.39 is 5.97 Å². The number of aliphatic carboxylic acids is 1. The number of hydrogen-bond acceptors (Lipinski definition) is 4. The van der Waals surface area contributed by atoms with E-state index in [9.17, 15) is 4.79 Å². The van der Waals surface area contributed by atoms with Gasteiger partial charge in [0.1, 0.15) is 18.0 Å². The van der Waals surface area contributed by atoms with Crippen molar-refractivity contribution in [1.82, 2.24) is 4.90 Å². The molecule has 3 rings (SSSR count). The lowest BCUT2D eigenvalue weighted by molar-refractivity contribution is -0.139. The summed E-state index contributed by atoms with van der Waals surface area (Å²) >= 11 is 0. The molecular formula is C17H23NO4. The number of rotatable bonds is 5. The number of piperidine rings is 1. The summed E-state index contributed by atoms with van der Waals surface area (Å²) in [6.45, 7) is 4.35. The molecule has 5 heteroatoms. The van der Waals surface area contributed by atoms with E-state index in [0.717, 1.165) is 31.7 Å². The van der Waals surface area contributed by atoms with Gasteiger partial charge in [-0.1, -0.05) is 18.2 Å². The lowest BCUT2D eigenvalue weighted by Crippen LogP contribution is -2.43. The molecule has 2 heterocycles. The zero-order valence-electron chi connectivity index (χ0n) is 12.9. The number of benzene rings is 1. The summed E-state index contributed by atoms with van der Waals surface area (Å²) in [5.74, 6) is 0.500.